The molecule has 1 aliphatic rings. The van der Waals surface area contributed by atoms with E-state index in [4.69, 9.17) is 0 Å². The van der Waals surface area contributed by atoms with Crippen molar-refractivity contribution in [1.29, 1.82) is 0 Å². The summed E-state index contributed by atoms with van der Waals surface area (Å²) in [5, 5.41) is 10.8. The Morgan fingerprint density at radius 2 is 2.32 bits per heavy atom. The third kappa shape index (κ3) is 2.51. The predicted molar refractivity (Wildman–Crippen MR) is 71.1 cm³/mol. The molecule has 1 amide bonds. The zero-order chi connectivity index (χ0) is 13.2. The third-order valence-electron chi connectivity index (χ3n) is 3.25. The van der Waals surface area contributed by atoms with Crippen LogP contribution in [0.4, 0.5) is 0 Å². The average Bonchev–Trinajstić information content (AvgIpc) is 2.91. The zero-order valence-electron chi connectivity index (χ0n) is 10.2. The smallest absolute Gasteiger partial charge is 0.244 e. The first-order valence-electron chi connectivity index (χ1n) is 5.99. The summed E-state index contributed by atoms with van der Waals surface area (Å²) in [6.07, 6.45) is 2.32. The van der Waals surface area contributed by atoms with Gasteiger partial charge >= 0.3 is 0 Å². The molecular weight excluding hydrogens is 310 g/mol. The van der Waals surface area contributed by atoms with Crippen LogP contribution >= 0.6 is 15.9 Å². The van der Waals surface area contributed by atoms with E-state index in [0.717, 1.165) is 17.4 Å². The molecule has 0 saturated heterocycles. The summed E-state index contributed by atoms with van der Waals surface area (Å²) >= 11 is 3.55. The van der Waals surface area contributed by atoms with Gasteiger partial charge in [-0.1, -0.05) is 28.1 Å². The van der Waals surface area contributed by atoms with Crippen LogP contribution in [0.25, 0.3) is 0 Å². The minimum atomic E-state index is 0.0397. The highest BCUT2D eigenvalue weighted by Gasteiger charge is 2.22. The van der Waals surface area contributed by atoms with Gasteiger partial charge in [0, 0.05) is 17.6 Å². The van der Waals surface area contributed by atoms with Crippen molar-refractivity contribution in [2.45, 2.75) is 19.5 Å². The summed E-state index contributed by atoms with van der Waals surface area (Å²) in [4.78, 5) is 14.0. The fourth-order valence-corrected chi connectivity index (χ4v) is 2.87. The molecule has 1 aliphatic heterocycles. The number of fused-ring (bicyclic) bond motifs is 1. The monoisotopic (exact) mass is 321 g/mol. The quantitative estimate of drug-likeness (QED) is 0.828. The van der Waals surface area contributed by atoms with Crippen LogP contribution in [-0.2, 0) is 24.3 Å². The van der Waals surface area contributed by atoms with Crippen LogP contribution in [0.3, 0.4) is 0 Å². The molecule has 0 aliphatic carbocycles. The topological polar surface area (TPSA) is 63.9 Å². The second-order valence-electron chi connectivity index (χ2n) is 4.45. The number of nitrogens with zero attached hydrogens (tertiary/aromatic N) is 5. The van der Waals surface area contributed by atoms with Gasteiger partial charge in [0.05, 0.1) is 0 Å². The van der Waals surface area contributed by atoms with E-state index in [1.165, 1.54) is 22.1 Å². The number of aromatic nitrogens is 4. The van der Waals surface area contributed by atoms with Gasteiger partial charge in [-0.15, -0.1) is 5.10 Å². The van der Waals surface area contributed by atoms with E-state index >= 15 is 0 Å². The van der Waals surface area contributed by atoms with Gasteiger partial charge in [0.15, 0.2) is 0 Å². The van der Waals surface area contributed by atoms with E-state index in [-0.39, 0.29) is 12.5 Å². The lowest BCUT2D eigenvalue weighted by molar-refractivity contribution is -0.133. The minimum Gasteiger partial charge on any atom is -0.336 e. The average molecular weight is 322 g/mol. The van der Waals surface area contributed by atoms with E-state index in [2.05, 4.69) is 37.5 Å². The SMILES string of the molecule is O=C(Cn1cnnn1)N1CCc2c(Br)cccc2C1. The predicted octanol–water partition coefficient (Wildman–Crippen LogP) is 1.02. The maximum Gasteiger partial charge on any atom is 0.244 e. The Kier molecular flexibility index (Phi) is 3.29. The molecule has 0 N–H and O–H groups in total. The molecule has 1 aromatic heterocycles. The second kappa shape index (κ2) is 5.08. The number of benzene rings is 1. The first-order valence-corrected chi connectivity index (χ1v) is 6.78. The molecule has 0 bridgehead atoms. The molecule has 7 heteroatoms. The molecule has 2 aromatic rings. The van der Waals surface area contributed by atoms with Crippen LogP contribution in [0, 0.1) is 0 Å². The van der Waals surface area contributed by atoms with E-state index < -0.39 is 0 Å². The van der Waals surface area contributed by atoms with Crippen molar-refractivity contribution in [2.24, 2.45) is 0 Å². The summed E-state index contributed by atoms with van der Waals surface area (Å²) in [7, 11) is 0. The molecule has 3 rings (SSSR count). The van der Waals surface area contributed by atoms with Crippen LogP contribution in [0.5, 0.6) is 0 Å². The summed E-state index contributed by atoms with van der Waals surface area (Å²) < 4.78 is 2.57. The minimum absolute atomic E-state index is 0.0397. The highest BCUT2D eigenvalue weighted by Crippen LogP contribution is 2.26. The molecule has 0 saturated carbocycles. The van der Waals surface area contributed by atoms with Crippen LogP contribution in [0.15, 0.2) is 29.0 Å². The number of tetrazole rings is 1. The molecule has 1 aromatic carbocycles. The lowest BCUT2D eigenvalue weighted by Gasteiger charge is -2.29. The Hall–Kier alpha value is -1.76. The molecule has 19 heavy (non-hydrogen) atoms. The van der Waals surface area contributed by atoms with Crippen molar-refractivity contribution in [3.05, 3.63) is 40.1 Å². The number of hydrogen-bond donors (Lipinski definition) is 0. The van der Waals surface area contributed by atoms with Gasteiger partial charge in [0.1, 0.15) is 12.9 Å². The van der Waals surface area contributed by atoms with E-state index in [1.807, 2.05) is 17.0 Å². The Morgan fingerprint density at radius 3 is 3.11 bits per heavy atom. The summed E-state index contributed by atoms with van der Waals surface area (Å²) in [6.45, 7) is 1.57. The molecule has 6 nitrogen and oxygen atoms in total. The standard InChI is InChI=1S/C12H12BrN5O/c13-11-3-1-2-9-6-17(5-4-10(9)11)12(19)7-18-8-14-15-16-18/h1-3,8H,4-7H2. The first kappa shape index (κ1) is 12.3. The van der Waals surface area contributed by atoms with Gasteiger partial charge in [-0.3, -0.25) is 4.79 Å². The van der Waals surface area contributed by atoms with Crippen LogP contribution in [-0.4, -0.2) is 37.6 Å². The Labute approximate surface area is 118 Å². The number of carbonyl (C=O) groups excluding carboxylic acids is 1. The second-order valence-corrected chi connectivity index (χ2v) is 5.30. The molecule has 2 heterocycles. The molecule has 0 unspecified atom stereocenters. The number of carbonyl (C=O) groups is 1. The zero-order valence-corrected chi connectivity index (χ0v) is 11.7. The Balaban J connectivity index is 1.73. The van der Waals surface area contributed by atoms with Crippen molar-refractivity contribution in [3.63, 3.8) is 0 Å². The lowest BCUT2D eigenvalue weighted by Crippen LogP contribution is -2.38. The van der Waals surface area contributed by atoms with Gasteiger partial charge in [-0.2, -0.15) is 0 Å². The summed E-state index contributed by atoms with van der Waals surface area (Å²) in [5.41, 5.74) is 2.50. The van der Waals surface area contributed by atoms with Gasteiger partial charge in [-0.25, -0.2) is 4.68 Å². The molecule has 0 fully saturated rings. The summed E-state index contributed by atoms with van der Waals surface area (Å²) in [5.74, 6) is 0.0397. The van der Waals surface area contributed by atoms with E-state index in [0.29, 0.717) is 6.54 Å². The van der Waals surface area contributed by atoms with Crippen molar-refractivity contribution >= 4 is 21.8 Å². The number of rotatable bonds is 2. The molecule has 0 spiro atoms. The maximum absolute atomic E-state index is 12.2. The highest BCUT2D eigenvalue weighted by molar-refractivity contribution is 9.10. The Morgan fingerprint density at radius 1 is 1.42 bits per heavy atom. The van der Waals surface area contributed by atoms with Gasteiger partial charge in [-0.05, 0) is 34.0 Å². The van der Waals surface area contributed by atoms with Crippen molar-refractivity contribution < 1.29 is 4.79 Å². The van der Waals surface area contributed by atoms with E-state index in [1.54, 1.807) is 0 Å². The van der Waals surface area contributed by atoms with E-state index in [9.17, 15) is 4.79 Å². The van der Waals surface area contributed by atoms with Crippen molar-refractivity contribution in [1.82, 2.24) is 25.1 Å². The molecule has 0 atom stereocenters. The van der Waals surface area contributed by atoms with Gasteiger partial charge in [0.2, 0.25) is 5.91 Å². The van der Waals surface area contributed by atoms with Crippen molar-refractivity contribution in [2.75, 3.05) is 6.54 Å². The number of amides is 1. The summed E-state index contributed by atoms with van der Waals surface area (Å²) in [6, 6.07) is 6.10. The molecule has 0 radical (unpaired) electrons. The normalized spacial score (nSPS) is 14.3. The number of hydrogen-bond acceptors (Lipinski definition) is 4. The first-order chi connectivity index (χ1) is 9.24. The fraction of sp³-hybridized carbons (Fsp3) is 0.333. The van der Waals surface area contributed by atoms with Crippen LogP contribution in [0.2, 0.25) is 0 Å². The van der Waals surface area contributed by atoms with Crippen LogP contribution in [0.1, 0.15) is 11.1 Å². The van der Waals surface area contributed by atoms with Gasteiger partial charge < -0.3 is 4.90 Å². The molecular formula is C12H12BrN5O. The highest BCUT2D eigenvalue weighted by atomic mass is 79.9. The number of halogens is 1. The van der Waals surface area contributed by atoms with Crippen LogP contribution < -0.4 is 0 Å². The largest absolute Gasteiger partial charge is 0.336 e. The Bertz CT molecular complexity index is 598. The lowest BCUT2D eigenvalue weighted by atomic mass is 10.00. The van der Waals surface area contributed by atoms with Crippen molar-refractivity contribution in [3.8, 4) is 0 Å². The van der Waals surface area contributed by atoms with Gasteiger partial charge in [0.25, 0.3) is 0 Å². The fourth-order valence-electron chi connectivity index (χ4n) is 2.27. The molecule has 98 valence electrons. The maximum atomic E-state index is 12.2. The third-order valence-corrected chi connectivity index (χ3v) is 3.99.